The smallest absolute Gasteiger partial charge is 0.253 e. The van der Waals surface area contributed by atoms with Gasteiger partial charge in [-0.1, -0.05) is 6.07 Å². The van der Waals surface area contributed by atoms with Crippen LogP contribution in [-0.4, -0.2) is 51.1 Å². The first-order valence-corrected chi connectivity index (χ1v) is 8.37. The quantitative estimate of drug-likeness (QED) is 0.901. The maximum atomic E-state index is 12.7. The summed E-state index contributed by atoms with van der Waals surface area (Å²) in [6.45, 7) is 4.09. The Morgan fingerprint density at radius 1 is 1.13 bits per heavy atom. The number of piperidine rings is 2. The maximum absolute atomic E-state index is 12.7. The van der Waals surface area contributed by atoms with Crippen LogP contribution in [0.2, 0.25) is 0 Å². The van der Waals surface area contributed by atoms with Crippen molar-refractivity contribution in [1.82, 2.24) is 10.2 Å². The van der Waals surface area contributed by atoms with E-state index in [4.69, 9.17) is 0 Å². The van der Waals surface area contributed by atoms with Crippen molar-refractivity contribution in [3.8, 4) is 0 Å². The second-order valence-corrected chi connectivity index (χ2v) is 6.99. The molecule has 1 N–H and O–H groups in total. The second kappa shape index (κ2) is 7.54. The van der Waals surface area contributed by atoms with Crippen molar-refractivity contribution in [3.63, 3.8) is 0 Å². The van der Waals surface area contributed by atoms with E-state index < -0.39 is 0 Å². The number of likely N-dealkylation sites (tertiary alicyclic amines) is 1. The van der Waals surface area contributed by atoms with Crippen LogP contribution < -0.4 is 10.2 Å². The van der Waals surface area contributed by atoms with Gasteiger partial charge in [0.2, 0.25) is 0 Å². The molecule has 5 heteroatoms. The second-order valence-electron chi connectivity index (χ2n) is 6.99. The Kier molecular flexibility index (Phi) is 5.93. The summed E-state index contributed by atoms with van der Waals surface area (Å²) in [6.07, 6.45) is 4.86. The third-order valence-electron chi connectivity index (χ3n) is 5.39. The third kappa shape index (κ3) is 3.99. The molecule has 0 aliphatic carbocycles. The Morgan fingerprint density at radius 3 is 2.39 bits per heavy atom. The van der Waals surface area contributed by atoms with Gasteiger partial charge in [-0.15, -0.1) is 12.4 Å². The van der Waals surface area contributed by atoms with Gasteiger partial charge in [-0.2, -0.15) is 0 Å². The summed E-state index contributed by atoms with van der Waals surface area (Å²) in [5.41, 5.74) is 2.39. The summed E-state index contributed by atoms with van der Waals surface area (Å²) < 4.78 is 0. The predicted molar refractivity (Wildman–Crippen MR) is 97.7 cm³/mol. The van der Waals surface area contributed by atoms with E-state index in [0.717, 1.165) is 50.3 Å². The average Bonchev–Trinajstić information content (AvgIpc) is 2.56. The minimum Gasteiger partial charge on any atom is -0.378 e. The summed E-state index contributed by atoms with van der Waals surface area (Å²) in [7, 11) is 4.01. The zero-order valence-electron chi connectivity index (χ0n) is 14.2. The van der Waals surface area contributed by atoms with Crippen LogP contribution in [0.25, 0.3) is 0 Å². The van der Waals surface area contributed by atoms with Gasteiger partial charge in [-0.05, 0) is 62.4 Å². The lowest BCUT2D eigenvalue weighted by Gasteiger charge is -2.44. The molecule has 2 fully saturated rings. The molecule has 2 aliphatic heterocycles. The Hall–Kier alpha value is -1.26. The fourth-order valence-electron chi connectivity index (χ4n) is 3.74. The number of nitrogens with one attached hydrogen (secondary N) is 1. The molecule has 0 saturated carbocycles. The van der Waals surface area contributed by atoms with Crippen LogP contribution in [-0.2, 0) is 0 Å². The average molecular weight is 338 g/mol. The van der Waals surface area contributed by atoms with Gasteiger partial charge < -0.3 is 15.1 Å². The summed E-state index contributed by atoms with van der Waals surface area (Å²) in [5.74, 6) is 0.187. The molecule has 0 aromatic heterocycles. The van der Waals surface area contributed by atoms with Crippen LogP contribution in [0, 0.1) is 5.41 Å². The standard InChI is InChI=1S/C18H27N3O.ClH/c1-20(2)16-5-3-4-15(14-16)17(22)21-12-8-18(9-13-21)6-10-19-11-7-18;/h3-5,14,19H,6-13H2,1-2H3;1H. The largest absolute Gasteiger partial charge is 0.378 e. The maximum Gasteiger partial charge on any atom is 0.253 e. The van der Waals surface area contributed by atoms with Gasteiger partial charge in [-0.25, -0.2) is 0 Å². The molecular weight excluding hydrogens is 310 g/mol. The molecule has 23 heavy (non-hydrogen) atoms. The number of amides is 1. The van der Waals surface area contributed by atoms with E-state index in [0.29, 0.717) is 5.41 Å². The van der Waals surface area contributed by atoms with Gasteiger partial charge in [0, 0.05) is 38.4 Å². The molecule has 1 aromatic rings. The van der Waals surface area contributed by atoms with Crippen LogP contribution in [0.5, 0.6) is 0 Å². The van der Waals surface area contributed by atoms with Gasteiger partial charge in [0.05, 0.1) is 0 Å². The summed E-state index contributed by atoms with van der Waals surface area (Å²) in [5, 5.41) is 3.45. The van der Waals surface area contributed by atoms with Crippen LogP contribution in [0.3, 0.4) is 0 Å². The van der Waals surface area contributed by atoms with Crippen molar-refractivity contribution in [2.24, 2.45) is 5.41 Å². The number of halogens is 1. The molecular formula is C18H28ClN3O. The van der Waals surface area contributed by atoms with E-state index in [-0.39, 0.29) is 18.3 Å². The first-order valence-electron chi connectivity index (χ1n) is 8.37. The first kappa shape index (κ1) is 18.1. The molecule has 4 nitrogen and oxygen atoms in total. The van der Waals surface area contributed by atoms with Crippen LogP contribution in [0.4, 0.5) is 5.69 Å². The summed E-state index contributed by atoms with van der Waals surface area (Å²) in [4.78, 5) is 16.8. The molecule has 1 spiro atoms. The fourth-order valence-corrected chi connectivity index (χ4v) is 3.74. The molecule has 1 aromatic carbocycles. The Labute approximate surface area is 145 Å². The highest BCUT2D eigenvalue weighted by molar-refractivity contribution is 5.95. The number of hydrogen-bond donors (Lipinski definition) is 1. The molecule has 0 atom stereocenters. The SMILES string of the molecule is CN(C)c1cccc(C(=O)N2CCC3(CCNCC3)CC2)c1.Cl. The highest BCUT2D eigenvalue weighted by Gasteiger charge is 2.36. The van der Waals surface area contributed by atoms with Crippen molar-refractivity contribution < 1.29 is 4.79 Å². The van der Waals surface area contributed by atoms with Gasteiger partial charge in [0.15, 0.2) is 0 Å². The fraction of sp³-hybridized carbons (Fsp3) is 0.611. The van der Waals surface area contributed by atoms with Gasteiger partial charge in [0.1, 0.15) is 0 Å². The Morgan fingerprint density at radius 2 is 1.78 bits per heavy atom. The highest BCUT2D eigenvalue weighted by atomic mass is 35.5. The number of hydrogen-bond acceptors (Lipinski definition) is 3. The van der Waals surface area contributed by atoms with E-state index in [1.54, 1.807) is 0 Å². The van der Waals surface area contributed by atoms with Crippen molar-refractivity contribution in [2.45, 2.75) is 25.7 Å². The molecule has 128 valence electrons. The van der Waals surface area contributed by atoms with Gasteiger partial charge >= 0.3 is 0 Å². The number of rotatable bonds is 2. The molecule has 0 unspecified atom stereocenters. The number of anilines is 1. The molecule has 0 radical (unpaired) electrons. The Bertz CT molecular complexity index is 531. The predicted octanol–water partition coefficient (Wildman–Crippen LogP) is 2.78. The normalized spacial score (nSPS) is 20.0. The minimum absolute atomic E-state index is 0. The Balaban J connectivity index is 0.00000192. The third-order valence-corrected chi connectivity index (χ3v) is 5.39. The number of carbonyl (C=O) groups excluding carboxylic acids is 1. The molecule has 2 aliphatic rings. The molecule has 2 heterocycles. The zero-order chi connectivity index (χ0) is 15.6. The minimum atomic E-state index is 0. The number of benzene rings is 1. The first-order chi connectivity index (χ1) is 10.6. The van der Waals surface area contributed by atoms with Crippen molar-refractivity contribution in [2.75, 3.05) is 45.2 Å². The number of nitrogens with zero attached hydrogens (tertiary/aromatic N) is 2. The van der Waals surface area contributed by atoms with Gasteiger partial charge in [-0.3, -0.25) is 4.79 Å². The van der Waals surface area contributed by atoms with Crippen molar-refractivity contribution in [3.05, 3.63) is 29.8 Å². The molecule has 3 rings (SSSR count). The van der Waals surface area contributed by atoms with E-state index >= 15 is 0 Å². The van der Waals surface area contributed by atoms with Gasteiger partial charge in [0.25, 0.3) is 5.91 Å². The summed E-state index contributed by atoms with van der Waals surface area (Å²) in [6, 6.07) is 7.94. The van der Waals surface area contributed by atoms with Crippen LogP contribution in [0.1, 0.15) is 36.0 Å². The van der Waals surface area contributed by atoms with Crippen LogP contribution in [0.15, 0.2) is 24.3 Å². The zero-order valence-corrected chi connectivity index (χ0v) is 15.0. The highest BCUT2D eigenvalue weighted by Crippen LogP contribution is 2.39. The molecule has 0 bridgehead atoms. The number of carbonyl (C=O) groups is 1. The van der Waals surface area contributed by atoms with E-state index in [1.807, 2.05) is 48.2 Å². The van der Waals surface area contributed by atoms with Crippen LogP contribution >= 0.6 is 12.4 Å². The lowest BCUT2D eigenvalue weighted by Crippen LogP contribution is -2.47. The lowest BCUT2D eigenvalue weighted by molar-refractivity contribution is 0.0496. The monoisotopic (exact) mass is 337 g/mol. The molecule has 2 saturated heterocycles. The van der Waals surface area contributed by atoms with Crippen molar-refractivity contribution >= 4 is 24.0 Å². The lowest BCUT2D eigenvalue weighted by atomic mass is 9.71. The van der Waals surface area contributed by atoms with E-state index in [9.17, 15) is 4.79 Å². The van der Waals surface area contributed by atoms with Crippen molar-refractivity contribution in [1.29, 1.82) is 0 Å². The summed E-state index contributed by atoms with van der Waals surface area (Å²) >= 11 is 0. The molecule has 1 amide bonds. The van der Waals surface area contributed by atoms with E-state index in [2.05, 4.69) is 5.32 Å². The van der Waals surface area contributed by atoms with E-state index in [1.165, 1.54) is 12.8 Å². The topological polar surface area (TPSA) is 35.6 Å².